The second kappa shape index (κ2) is 6.79. The number of rotatable bonds is 4. The van der Waals surface area contributed by atoms with Crippen LogP contribution in [0.4, 0.5) is 0 Å². The van der Waals surface area contributed by atoms with Gasteiger partial charge >= 0.3 is 0 Å². The average molecular weight is 336 g/mol. The second-order valence-electron chi connectivity index (χ2n) is 6.66. The van der Waals surface area contributed by atoms with Crippen molar-refractivity contribution in [1.82, 2.24) is 15.1 Å². The number of hydrogen-bond acceptors (Lipinski definition) is 5. The van der Waals surface area contributed by atoms with Gasteiger partial charge in [-0.2, -0.15) is 10.4 Å². The van der Waals surface area contributed by atoms with Crippen LogP contribution in [0.25, 0.3) is 0 Å². The molecule has 1 aliphatic heterocycles. The molecule has 0 saturated carbocycles. The van der Waals surface area contributed by atoms with E-state index in [0.29, 0.717) is 25.3 Å². The molecular formula is C19H20N4O2. The molecular weight excluding hydrogens is 316 g/mol. The Morgan fingerprint density at radius 3 is 3.12 bits per heavy atom. The van der Waals surface area contributed by atoms with Gasteiger partial charge in [0, 0.05) is 12.6 Å². The lowest BCUT2D eigenvalue weighted by atomic mass is 10.1. The van der Waals surface area contributed by atoms with Crippen molar-refractivity contribution < 1.29 is 4.74 Å². The Morgan fingerprint density at radius 2 is 2.24 bits per heavy atom. The number of ether oxygens (including phenoxy) is 1. The highest BCUT2D eigenvalue weighted by atomic mass is 16.5. The van der Waals surface area contributed by atoms with Crippen molar-refractivity contribution in [2.75, 3.05) is 13.2 Å². The van der Waals surface area contributed by atoms with E-state index in [1.165, 1.54) is 0 Å². The number of benzene rings is 1. The first-order valence-corrected chi connectivity index (χ1v) is 8.66. The van der Waals surface area contributed by atoms with Gasteiger partial charge in [-0.3, -0.25) is 4.79 Å². The Labute approximate surface area is 146 Å². The lowest BCUT2D eigenvalue weighted by Gasteiger charge is -2.21. The van der Waals surface area contributed by atoms with E-state index >= 15 is 0 Å². The Kier molecular flexibility index (Phi) is 4.35. The molecule has 25 heavy (non-hydrogen) atoms. The molecule has 1 fully saturated rings. The van der Waals surface area contributed by atoms with Crippen molar-refractivity contribution >= 4 is 0 Å². The quantitative estimate of drug-likeness (QED) is 0.911. The predicted molar refractivity (Wildman–Crippen MR) is 92.2 cm³/mol. The third-order valence-electron chi connectivity index (χ3n) is 4.97. The van der Waals surface area contributed by atoms with E-state index in [-0.39, 0.29) is 17.6 Å². The third kappa shape index (κ3) is 3.21. The Bertz CT molecular complexity index is 884. The van der Waals surface area contributed by atoms with Gasteiger partial charge in [-0.1, -0.05) is 12.1 Å². The third-order valence-corrected chi connectivity index (χ3v) is 4.97. The van der Waals surface area contributed by atoms with Gasteiger partial charge in [-0.25, -0.2) is 4.68 Å². The number of nitrogens with one attached hydrogen (secondary N) is 1. The van der Waals surface area contributed by atoms with Gasteiger partial charge in [0.2, 0.25) is 0 Å². The van der Waals surface area contributed by atoms with Gasteiger partial charge in [0.25, 0.3) is 5.56 Å². The second-order valence-corrected chi connectivity index (χ2v) is 6.66. The first kappa shape index (κ1) is 16.0. The minimum absolute atomic E-state index is 0.0235. The van der Waals surface area contributed by atoms with Gasteiger partial charge in [-0.05, 0) is 42.5 Å². The number of nitriles is 1. The fraction of sp³-hybridized carbons (Fsp3) is 0.421. The molecule has 2 unspecified atom stereocenters. The highest BCUT2D eigenvalue weighted by Gasteiger charge is 2.31. The van der Waals surface area contributed by atoms with Gasteiger partial charge in [-0.15, -0.1) is 0 Å². The number of aryl methyl sites for hydroxylation is 2. The van der Waals surface area contributed by atoms with E-state index in [4.69, 9.17) is 10.00 Å². The molecule has 6 nitrogen and oxygen atoms in total. The summed E-state index contributed by atoms with van der Waals surface area (Å²) < 4.78 is 7.22. The summed E-state index contributed by atoms with van der Waals surface area (Å²) in [5, 5.41) is 17.1. The zero-order valence-corrected chi connectivity index (χ0v) is 13.9. The van der Waals surface area contributed by atoms with Crippen molar-refractivity contribution in [2.24, 2.45) is 0 Å². The first-order valence-electron chi connectivity index (χ1n) is 8.66. The fourth-order valence-corrected chi connectivity index (χ4v) is 3.63. The molecule has 0 spiro atoms. The van der Waals surface area contributed by atoms with Crippen molar-refractivity contribution in [3.05, 3.63) is 63.1 Å². The fourth-order valence-electron chi connectivity index (χ4n) is 3.63. The molecule has 1 N–H and O–H groups in total. The van der Waals surface area contributed by atoms with Crippen LogP contribution < -0.4 is 10.9 Å². The number of aromatic nitrogens is 2. The minimum atomic E-state index is -0.0995. The molecule has 0 radical (unpaired) electrons. The summed E-state index contributed by atoms with van der Waals surface area (Å²) in [6, 6.07) is 11.3. The van der Waals surface area contributed by atoms with Crippen LogP contribution in [0.3, 0.4) is 0 Å². The van der Waals surface area contributed by atoms with Gasteiger partial charge in [0.05, 0.1) is 42.6 Å². The van der Waals surface area contributed by atoms with Crippen LogP contribution >= 0.6 is 0 Å². The van der Waals surface area contributed by atoms with E-state index in [1.807, 2.05) is 18.2 Å². The standard InChI is InChI=1S/C19H20N4O2/c20-9-13-3-1-4-14(7-13)10-21-17-11-25-12-18(17)23-19(24)8-15-5-2-6-16(15)22-23/h1,3-4,7-8,17-18,21H,2,5-6,10-12H2. The summed E-state index contributed by atoms with van der Waals surface area (Å²) in [7, 11) is 0. The molecule has 2 aromatic rings. The summed E-state index contributed by atoms with van der Waals surface area (Å²) in [6.45, 7) is 1.66. The molecule has 1 saturated heterocycles. The van der Waals surface area contributed by atoms with Crippen LogP contribution in [0.2, 0.25) is 0 Å². The molecule has 4 rings (SSSR count). The topological polar surface area (TPSA) is 79.9 Å². The van der Waals surface area contributed by atoms with Crippen LogP contribution in [0, 0.1) is 11.3 Å². The highest BCUT2D eigenvalue weighted by molar-refractivity contribution is 5.32. The van der Waals surface area contributed by atoms with E-state index in [9.17, 15) is 4.79 Å². The summed E-state index contributed by atoms with van der Waals surface area (Å²) in [5.41, 5.74) is 3.79. The van der Waals surface area contributed by atoms with Crippen LogP contribution in [0.1, 0.15) is 34.8 Å². The Balaban J connectivity index is 1.51. The minimum Gasteiger partial charge on any atom is -0.377 e. The SMILES string of the molecule is N#Cc1cccc(CNC2COCC2n2nc3c(cc2=O)CCC3)c1. The van der Waals surface area contributed by atoms with E-state index in [1.54, 1.807) is 16.8 Å². The van der Waals surface area contributed by atoms with Crippen LogP contribution in [0.5, 0.6) is 0 Å². The molecule has 128 valence electrons. The first-order chi connectivity index (χ1) is 12.2. The summed E-state index contributed by atoms with van der Waals surface area (Å²) in [5.74, 6) is 0. The Morgan fingerprint density at radius 1 is 1.32 bits per heavy atom. The lowest BCUT2D eigenvalue weighted by molar-refractivity contribution is 0.180. The maximum atomic E-state index is 12.5. The number of nitrogens with zero attached hydrogens (tertiary/aromatic N) is 3. The van der Waals surface area contributed by atoms with Gasteiger partial charge in [0.1, 0.15) is 0 Å². The van der Waals surface area contributed by atoms with Crippen molar-refractivity contribution in [3.63, 3.8) is 0 Å². The molecule has 6 heteroatoms. The van der Waals surface area contributed by atoms with Crippen LogP contribution in [-0.2, 0) is 24.1 Å². The summed E-state index contributed by atoms with van der Waals surface area (Å²) >= 11 is 0. The molecule has 2 heterocycles. The molecule has 0 bridgehead atoms. The molecule has 0 amide bonds. The van der Waals surface area contributed by atoms with Crippen molar-refractivity contribution in [1.29, 1.82) is 5.26 Å². The summed E-state index contributed by atoms with van der Waals surface area (Å²) in [4.78, 5) is 12.5. The predicted octanol–water partition coefficient (Wildman–Crippen LogP) is 1.33. The largest absolute Gasteiger partial charge is 0.377 e. The zero-order valence-electron chi connectivity index (χ0n) is 13.9. The van der Waals surface area contributed by atoms with Crippen molar-refractivity contribution in [2.45, 2.75) is 37.9 Å². The van der Waals surface area contributed by atoms with Gasteiger partial charge < -0.3 is 10.1 Å². The summed E-state index contributed by atoms with van der Waals surface area (Å²) in [6.07, 6.45) is 2.97. The normalized spacial score (nSPS) is 21.9. The monoisotopic (exact) mass is 336 g/mol. The molecule has 2 aliphatic rings. The lowest BCUT2D eigenvalue weighted by Crippen LogP contribution is -2.41. The smallest absolute Gasteiger partial charge is 0.267 e. The number of fused-ring (bicyclic) bond motifs is 1. The Hall–Kier alpha value is -2.49. The maximum Gasteiger partial charge on any atom is 0.267 e. The number of hydrogen-bond donors (Lipinski definition) is 1. The van der Waals surface area contributed by atoms with Gasteiger partial charge in [0.15, 0.2) is 0 Å². The van der Waals surface area contributed by atoms with Crippen LogP contribution in [-0.4, -0.2) is 29.0 Å². The molecule has 2 atom stereocenters. The molecule has 1 aliphatic carbocycles. The van der Waals surface area contributed by atoms with E-state index < -0.39 is 0 Å². The van der Waals surface area contributed by atoms with Crippen LogP contribution in [0.15, 0.2) is 35.1 Å². The molecule has 1 aromatic heterocycles. The maximum absolute atomic E-state index is 12.5. The highest BCUT2D eigenvalue weighted by Crippen LogP contribution is 2.22. The zero-order chi connectivity index (χ0) is 17.2. The van der Waals surface area contributed by atoms with Crippen molar-refractivity contribution in [3.8, 4) is 6.07 Å². The van der Waals surface area contributed by atoms with E-state index in [2.05, 4.69) is 16.5 Å². The average Bonchev–Trinajstić information content (AvgIpc) is 3.27. The molecule has 1 aromatic carbocycles. The van der Waals surface area contributed by atoms with E-state index in [0.717, 1.165) is 36.1 Å².